The maximum absolute atomic E-state index is 11.2. The fourth-order valence-corrected chi connectivity index (χ4v) is 3.72. The van der Waals surface area contributed by atoms with Crippen molar-refractivity contribution < 1.29 is 14.4 Å². The smallest absolute Gasteiger partial charge is 0.269 e. The van der Waals surface area contributed by atoms with Crippen molar-refractivity contribution in [3.8, 4) is 11.5 Å². The number of rotatable bonds is 9. The predicted octanol–water partition coefficient (Wildman–Crippen LogP) is 4.88. The highest BCUT2D eigenvalue weighted by Gasteiger charge is 2.14. The van der Waals surface area contributed by atoms with Crippen LogP contribution in [0.3, 0.4) is 0 Å². The summed E-state index contributed by atoms with van der Waals surface area (Å²) in [6, 6.07) is 20.0. The summed E-state index contributed by atoms with van der Waals surface area (Å²) >= 11 is 1.47. The Bertz CT molecular complexity index is 983. The molecule has 0 bridgehead atoms. The fourth-order valence-electron chi connectivity index (χ4n) is 2.66. The van der Waals surface area contributed by atoms with Gasteiger partial charge in [0.05, 0.1) is 24.0 Å². The van der Waals surface area contributed by atoms with Crippen molar-refractivity contribution in [1.29, 1.82) is 0 Å². The van der Waals surface area contributed by atoms with Gasteiger partial charge in [-0.2, -0.15) is 0 Å². The summed E-state index contributed by atoms with van der Waals surface area (Å²) in [4.78, 5) is 12.6. The number of ether oxygens (including phenoxy) is 2. The van der Waals surface area contributed by atoms with E-state index in [9.17, 15) is 10.1 Å². The molecule has 8 heteroatoms. The van der Waals surface area contributed by atoms with Gasteiger partial charge >= 0.3 is 0 Å². The Labute approximate surface area is 173 Å². The van der Waals surface area contributed by atoms with Gasteiger partial charge in [0.2, 0.25) is 0 Å². The van der Waals surface area contributed by atoms with E-state index in [1.807, 2.05) is 48.5 Å². The summed E-state index contributed by atoms with van der Waals surface area (Å²) in [6.45, 7) is 0.394. The number of methoxy groups -OCH3 is 2. The molecule has 2 N–H and O–H groups in total. The minimum Gasteiger partial charge on any atom is -0.497 e. The molecule has 0 unspecified atom stereocenters. The third kappa shape index (κ3) is 5.40. The normalized spacial score (nSPS) is 10.4. The zero-order chi connectivity index (χ0) is 20.6. The number of benzene rings is 3. The zero-order valence-electron chi connectivity index (χ0n) is 16.0. The van der Waals surface area contributed by atoms with Crippen LogP contribution in [-0.4, -0.2) is 19.1 Å². The topological polar surface area (TPSA) is 85.7 Å². The van der Waals surface area contributed by atoms with Crippen molar-refractivity contribution in [1.82, 2.24) is 5.43 Å². The number of hydrogen-bond acceptors (Lipinski definition) is 7. The lowest BCUT2D eigenvalue weighted by atomic mass is 10.2. The molecule has 0 heterocycles. The number of non-ortho nitro benzene ring substituents is 1. The zero-order valence-corrected chi connectivity index (χ0v) is 16.9. The van der Waals surface area contributed by atoms with E-state index in [1.54, 1.807) is 26.4 Å². The Morgan fingerprint density at radius 1 is 0.966 bits per heavy atom. The Morgan fingerprint density at radius 2 is 1.76 bits per heavy atom. The molecule has 0 aliphatic rings. The lowest BCUT2D eigenvalue weighted by Crippen LogP contribution is -2.21. The van der Waals surface area contributed by atoms with Crippen molar-refractivity contribution in [2.75, 3.05) is 19.6 Å². The van der Waals surface area contributed by atoms with Crippen LogP contribution in [0.2, 0.25) is 0 Å². The van der Waals surface area contributed by atoms with Crippen LogP contribution in [0.5, 0.6) is 11.5 Å². The number of nitro benzene ring substituents is 1. The molecule has 3 aromatic rings. The highest BCUT2D eigenvalue weighted by molar-refractivity contribution is 7.99. The molecule has 0 radical (unpaired) electrons. The summed E-state index contributed by atoms with van der Waals surface area (Å²) in [6.07, 6.45) is 0. The van der Waals surface area contributed by atoms with Gasteiger partial charge in [-0.1, -0.05) is 30.0 Å². The van der Waals surface area contributed by atoms with Crippen molar-refractivity contribution in [2.45, 2.75) is 16.3 Å². The molecule has 29 heavy (non-hydrogen) atoms. The van der Waals surface area contributed by atoms with E-state index in [-0.39, 0.29) is 5.69 Å². The molecular formula is C21H21N3O4S. The number of hydrogen-bond donors (Lipinski definition) is 2. The lowest BCUT2D eigenvalue weighted by molar-refractivity contribution is -0.385. The van der Waals surface area contributed by atoms with Gasteiger partial charge in [-0.25, -0.2) is 5.43 Å². The van der Waals surface area contributed by atoms with Crippen molar-refractivity contribution in [3.63, 3.8) is 0 Å². The summed E-state index contributed by atoms with van der Waals surface area (Å²) in [7, 11) is 3.21. The molecule has 0 amide bonds. The van der Waals surface area contributed by atoms with E-state index in [0.717, 1.165) is 21.0 Å². The highest BCUT2D eigenvalue weighted by Crippen LogP contribution is 2.39. The Balaban J connectivity index is 1.85. The molecule has 0 fully saturated rings. The highest BCUT2D eigenvalue weighted by atomic mass is 32.2. The molecule has 0 saturated carbocycles. The Kier molecular flexibility index (Phi) is 6.94. The van der Waals surface area contributed by atoms with Gasteiger partial charge in [-0.05, 0) is 42.0 Å². The summed E-state index contributed by atoms with van der Waals surface area (Å²) in [5, 5.41) is 11.2. The molecule has 3 aromatic carbocycles. The first-order valence-electron chi connectivity index (χ1n) is 8.82. The first-order chi connectivity index (χ1) is 14.1. The van der Waals surface area contributed by atoms with Gasteiger partial charge < -0.3 is 14.9 Å². The van der Waals surface area contributed by atoms with E-state index in [4.69, 9.17) is 9.47 Å². The molecule has 0 spiro atoms. The second-order valence-electron chi connectivity index (χ2n) is 6.01. The molecule has 0 saturated heterocycles. The molecule has 0 aliphatic heterocycles. The van der Waals surface area contributed by atoms with E-state index in [0.29, 0.717) is 18.0 Å². The van der Waals surface area contributed by atoms with E-state index in [1.165, 1.54) is 17.8 Å². The van der Waals surface area contributed by atoms with Crippen LogP contribution in [0.25, 0.3) is 0 Å². The molecule has 0 aliphatic carbocycles. The van der Waals surface area contributed by atoms with Gasteiger partial charge in [0, 0.05) is 29.3 Å². The minimum atomic E-state index is -0.394. The SMILES string of the molecule is COc1ccc(OC)c(Sc2ccc([N+](=O)[O-])cc2CNNc2ccccc2)c1. The van der Waals surface area contributed by atoms with E-state index >= 15 is 0 Å². The number of para-hydroxylation sites is 1. The molecule has 7 nitrogen and oxygen atoms in total. The summed E-state index contributed by atoms with van der Waals surface area (Å²) in [5.74, 6) is 1.41. The van der Waals surface area contributed by atoms with Gasteiger partial charge in [0.15, 0.2) is 0 Å². The van der Waals surface area contributed by atoms with Gasteiger partial charge in [-0.3, -0.25) is 10.1 Å². The number of nitrogens with one attached hydrogen (secondary N) is 2. The second kappa shape index (κ2) is 9.81. The molecule has 150 valence electrons. The maximum atomic E-state index is 11.2. The van der Waals surface area contributed by atoms with Crippen LogP contribution in [0.4, 0.5) is 11.4 Å². The van der Waals surface area contributed by atoms with Crippen LogP contribution in [0, 0.1) is 10.1 Å². The van der Waals surface area contributed by atoms with Gasteiger partial charge in [0.1, 0.15) is 11.5 Å². The number of nitro groups is 1. The third-order valence-corrected chi connectivity index (χ3v) is 5.29. The van der Waals surface area contributed by atoms with E-state index < -0.39 is 4.92 Å². The average molecular weight is 411 g/mol. The van der Waals surface area contributed by atoms with Crippen LogP contribution < -0.4 is 20.3 Å². The standard InChI is InChI=1S/C21H21N3O4S/c1-27-18-9-10-19(28-2)21(13-18)29-20-11-8-17(24(25)26)12-15(20)14-22-23-16-6-4-3-5-7-16/h3-13,22-23H,14H2,1-2H3. The van der Waals surface area contributed by atoms with Crippen molar-refractivity contribution in [2.24, 2.45) is 0 Å². The predicted molar refractivity (Wildman–Crippen MR) is 114 cm³/mol. The van der Waals surface area contributed by atoms with Gasteiger partial charge in [0.25, 0.3) is 5.69 Å². The summed E-state index contributed by atoms with van der Waals surface area (Å²) in [5.41, 5.74) is 7.96. The largest absolute Gasteiger partial charge is 0.497 e. The Morgan fingerprint density at radius 3 is 2.45 bits per heavy atom. The van der Waals surface area contributed by atoms with Crippen LogP contribution in [0.15, 0.2) is 76.5 Å². The number of anilines is 1. The number of nitrogens with zero attached hydrogens (tertiary/aromatic N) is 1. The number of hydrazine groups is 1. The average Bonchev–Trinajstić information content (AvgIpc) is 2.75. The fraction of sp³-hybridized carbons (Fsp3) is 0.143. The first kappa shape index (κ1) is 20.5. The first-order valence-corrected chi connectivity index (χ1v) is 9.63. The van der Waals surface area contributed by atoms with Crippen molar-refractivity contribution >= 4 is 23.1 Å². The Hall–Kier alpha value is -3.23. The molecule has 3 rings (SSSR count). The van der Waals surface area contributed by atoms with Gasteiger partial charge in [-0.15, -0.1) is 0 Å². The maximum Gasteiger partial charge on any atom is 0.269 e. The molecular weight excluding hydrogens is 390 g/mol. The minimum absolute atomic E-state index is 0.0449. The van der Waals surface area contributed by atoms with Crippen LogP contribution >= 0.6 is 11.8 Å². The van der Waals surface area contributed by atoms with Crippen LogP contribution in [0.1, 0.15) is 5.56 Å². The summed E-state index contributed by atoms with van der Waals surface area (Å²) < 4.78 is 10.8. The second-order valence-corrected chi connectivity index (χ2v) is 7.10. The third-order valence-electron chi connectivity index (χ3n) is 4.13. The van der Waals surface area contributed by atoms with E-state index in [2.05, 4.69) is 10.9 Å². The monoisotopic (exact) mass is 411 g/mol. The molecule has 0 aromatic heterocycles. The van der Waals surface area contributed by atoms with Crippen LogP contribution in [-0.2, 0) is 6.54 Å². The lowest BCUT2D eigenvalue weighted by Gasteiger charge is -2.14. The molecule has 0 atom stereocenters. The van der Waals surface area contributed by atoms with Crippen molar-refractivity contribution in [3.05, 3.63) is 82.4 Å². The quantitative estimate of drug-likeness (QED) is 0.383.